The molecule has 1 fully saturated rings. The average molecular weight is 355 g/mol. The smallest absolute Gasteiger partial charge is 0.400 e. The van der Waals surface area contributed by atoms with E-state index in [1.54, 1.807) is 0 Å². The molecule has 1 saturated heterocycles. The second-order valence-electron chi connectivity index (χ2n) is 6.02. The van der Waals surface area contributed by atoms with Gasteiger partial charge in [0.15, 0.2) is 0 Å². The van der Waals surface area contributed by atoms with Gasteiger partial charge in [-0.1, -0.05) is 34.1 Å². The zero-order chi connectivity index (χ0) is 15.0. The van der Waals surface area contributed by atoms with Gasteiger partial charge in [0.2, 0.25) is 0 Å². The highest BCUT2D eigenvalue weighted by Crippen LogP contribution is 2.39. The second-order valence-corrected chi connectivity index (χ2v) is 7.25. The van der Waals surface area contributed by atoms with Gasteiger partial charge in [0.1, 0.15) is 0 Å². The Bertz CT molecular complexity index is 495. The first-order chi connectivity index (χ1) is 9.25. The molecule has 1 aliphatic rings. The first-order valence-electron chi connectivity index (χ1n) is 6.68. The van der Waals surface area contributed by atoms with Gasteiger partial charge in [0.25, 0.3) is 0 Å². The molecule has 1 aromatic rings. The monoisotopic (exact) mass is 354 g/mol. The number of hydrogen-bond acceptors (Lipinski definition) is 3. The Hall–Kier alpha value is -0.225. The van der Waals surface area contributed by atoms with Gasteiger partial charge < -0.3 is 9.31 Å². The Morgan fingerprint density at radius 1 is 1.15 bits per heavy atom. The molecule has 0 amide bonds. The summed E-state index contributed by atoms with van der Waals surface area (Å²) in [6.07, 6.45) is 2.08. The van der Waals surface area contributed by atoms with Crippen LogP contribution in [0.1, 0.15) is 33.3 Å². The molecule has 0 atom stereocenters. The molecule has 5 heteroatoms. The molecule has 0 saturated carbocycles. The van der Waals surface area contributed by atoms with Gasteiger partial charge >= 0.3 is 7.12 Å². The molecule has 1 aliphatic heterocycles. The van der Waals surface area contributed by atoms with E-state index in [-0.39, 0.29) is 18.3 Å². The maximum atomic E-state index is 6.06. The van der Waals surface area contributed by atoms with E-state index in [1.807, 2.05) is 12.1 Å². The molecule has 108 valence electrons. The molecule has 2 rings (SSSR count). The van der Waals surface area contributed by atoms with E-state index in [9.17, 15) is 0 Å². The van der Waals surface area contributed by atoms with Gasteiger partial charge in [-0.05, 0) is 50.9 Å². The summed E-state index contributed by atoms with van der Waals surface area (Å²) in [5.74, 6) is 0.604. The lowest BCUT2D eigenvalue weighted by molar-refractivity contribution is 0.00578. The van der Waals surface area contributed by atoms with Crippen LogP contribution in [0.15, 0.2) is 34.2 Å². The van der Waals surface area contributed by atoms with E-state index in [2.05, 4.69) is 74.5 Å². The Balaban J connectivity index is 2.24. The van der Waals surface area contributed by atoms with Crippen LogP contribution in [0.2, 0.25) is 0 Å². The van der Waals surface area contributed by atoms with Crippen LogP contribution in [0.5, 0.6) is 0 Å². The first kappa shape index (κ1) is 16.2. The zero-order valence-electron chi connectivity index (χ0n) is 12.3. The third-order valence-electron chi connectivity index (χ3n) is 3.96. The molecule has 0 unspecified atom stereocenters. The minimum Gasteiger partial charge on any atom is -0.400 e. The molecule has 1 heterocycles. The lowest BCUT2D eigenvalue weighted by Crippen LogP contribution is -2.41. The van der Waals surface area contributed by atoms with Crippen LogP contribution in [0.3, 0.4) is 0 Å². The molecule has 0 spiro atoms. The van der Waals surface area contributed by atoms with Gasteiger partial charge in [0, 0.05) is 10.2 Å². The maximum Gasteiger partial charge on any atom is 0.491 e. The lowest BCUT2D eigenvalue weighted by Gasteiger charge is -2.32. The van der Waals surface area contributed by atoms with E-state index in [0.717, 1.165) is 15.5 Å². The Morgan fingerprint density at radius 2 is 1.65 bits per heavy atom. The second kappa shape index (κ2) is 5.88. The summed E-state index contributed by atoms with van der Waals surface area (Å²) in [4.78, 5) is 0. The van der Waals surface area contributed by atoms with Crippen LogP contribution in [0.4, 0.5) is 0 Å². The minimum atomic E-state index is -0.332. The molecule has 0 radical (unpaired) electrons. The fraction of sp³-hybridized carbons (Fsp3) is 0.467. The van der Waals surface area contributed by atoms with Gasteiger partial charge in [-0.2, -0.15) is 12.6 Å². The number of benzene rings is 1. The van der Waals surface area contributed by atoms with E-state index >= 15 is 0 Å². The molecular formula is C15H20BBrO2S. The Labute approximate surface area is 135 Å². The first-order valence-corrected chi connectivity index (χ1v) is 8.10. The topological polar surface area (TPSA) is 18.5 Å². The van der Waals surface area contributed by atoms with Crippen molar-refractivity contribution in [3.05, 3.63) is 39.8 Å². The third kappa shape index (κ3) is 3.33. The Kier molecular flexibility index (Phi) is 4.74. The number of hydrogen-bond donors (Lipinski definition) is 1. The predicted molar refractivity (Wildman–Crippen MR) is 92.1 cm³/mol. The lowest BCUT2D eigenvalue weighted by atomic mass is 9.78. The predicted octanol–water partition coefficient (Wildman–Crippen LogP) is 4.39. The van der Waals surface area contributed by atoms with Crippen molar-refractivity contribution < 1.29 is 9.31 Å². The highest BCUT2D eigenvalue weighted by atomic mass is 79.9. The minimum absolute atomic E-state index is 0.320. The molecule has 0 aromatic heterocycles. The Morgan fingerprint density at radius 3 is 2.10 bits per heavy atom. The van der Waals surface area contributed by atoms with Crippen molar-refractivity contribution in [3.63, 3.8) is 0 Å². The number of halogens is 1. The fourth-order valence-corrected chi connectivity index (χ4v) is 2.46. The van der Waals surface area contributed by atoms with E-state index in [0.29, 0.717) is 5.75 Å². The van der Waals surface area contributed by atoms with Crippen LogP contribution in [-0.2, 0) is 9.31 Å². The number of thiol groups is 1. The summed E-state index contributed by atoms with van der Waals surface area (Å²) in [5.41, 5.74) is 1.51. The highest BCUT2D eigenvalue weighted by Gasteiger charge is 2.52. The van der Waals surface area contributed by atoms with E-state index in [4.69, 9.17) is 9.31 Å². The molecule has 0 N–H and O–H groups in total. The van der Waals surface area contributed by atoms with Gasteiger partial charge in [0.05, 0.1) is 11.2 Å². The largest absolute Gasteiger partial charge is 0.491 e. The molecular weight excluding hydrogens is 335 g/mol. The van der Waals surface area contributed by atoms with Gasteiger partial charge in [-0.15, -0.1) is 0 Å². The van der Waals surface area contributed by atoms with Crippen molar-refractivity contribution in [2.75, 3.05) is 5.75 Å². The van der Waals surface area contributed by atoms with E-state index in [1.165, 1.54) is 0 Å². The maximum absolute atomic E-state index is 6.06. The van der Waals surface area contributed by atoms with Crippen molar-refractivity contribution >= 4 is 41.8 Å². The van der Waals surface area contributed by atoms with E-state index < -0.39 is 0 Å². The molecule has 20 heavy (non-hydrogen) atoms. The SMILES string of the molecule is CC1(C)OB(C(=Cc2ccc(Br)cc2)CS)OC1(C)C. The third-order valence-corrected chi connectivity index (χ3v) is 4.85. The molecule has 1 aromatic carbocycles. The van der Waals surface area contributed by atoms with Crippen LogP contribution >= 0.6 is 28.6 Å². The standard InChI is InChI=1S/C15H20BBrO2S/c1-14(2)15(3,4)19-16(18-14)12(10-20)9-11-5-7-13(17)8-6-11/h5-9,20H,10H2,1-4H3. The van der Waals surface area contributed by atoms with Gasteiger partial charge in [-0.3, -0.25) is 0 Å². The summed E-state index contributed by atoms with van der Waals surface area (Å²) in [5, 5.41) is 0. The van der Waals surface area contributed by atoms with Crippen molar-refractivity contribution in [2.24, 2.45) is 0 Å². The normalized spacial score (nSPS) is 21.3. The van der Waals surface area contributed by atoms with Crippen molar-refractivity contribution in [1.82, 2.24) is 0 Å². The summed E-state index contributed by atoms with van der Waals surface area (Å²) in [7, 11) is -0.332. The molecule has 0 aliphatic carbocycles. The fourth-order valence-electron chi connectivity index (χ4n) is 1.96. The summed E-state index contributed by atoms with van der Waals surface area (Å²) in [6, 6.07) is 8.15. The van der Waals surface area contributed by atoms with Crippen molar-refractivity contribution in [2.45, 2.75) is 38.9 Å². The average Bonchev–Trinajstić information content (AvgIpc) is 2.57. The summed E-state index contributed by atoms with van der Waals surface area (Å²) >= 11 is 7.86. The van der Waals surface area contributed by atoms with Crippen molar-refractivity contribution in [1.29, 1.82) is 0 Å². The van der Waals surface area contributed by atoms with Crippen LogP contribution in [0, 0.1) is 0 Å². The zero-order valence-corrected chi connectivity index (χ0v) is 14.8. The van der Waals surface area contributed by atoms with Gasteiger partial charge in [-0.25, -0.2) is 0 Å². The highest BCUT2D eigenvalue weighted by molar-refractivity contribution is 9.10. The molecule has 2 nitrogen and oxygen atoms in total. The molecule has 0 bridgehead atoms. The van der Waals surface area contributed by atoms with Crippen LogP contribution in [-0.4, -0.2) is 24.1 Å². The van der Waals surface area contributed by atoms with Crippen molar-refractivity contribution in [3.8, 4) is 0 Å². The quantitative estimate of drug-likeness (QED) is 0.640. The van der Waals surface area contributed by atoms with Crippen LogP contribution < -0.4 is 0 Å². The summed E-state index contributed by atoms with van der Waals surface area (Å²) < 4.78 is 13.2. The van der Waals surface area contributed by atoms with Crippen LogP contribution in [0.25, 0.3) is 6.08 Å². The summed E-state index contributed by atoms with van der Waals surface area (Å²) in [6.45, 7) is 8.23. The number of rotatable bonds is 3.